The zero-order valence-corrected chi connectivity index (χ0v) is 15.5. The highest BCUT2D eigenvalue weighted by molar-refractivity contribution is 6.00. The number of carbonyl (C=O) groups is 2. The predicted octanol–water partition coefficient (Wildman–Crippen LogP) is 3.15. The fourth-order valence-electron chi connectivity index (χ4n) is 2.63. The van der Waals surface area contributed by atoms with E-state index in [-0.39, 0.29) is 24.7 Å². The first kappa shape index (κ1) is 18.4. The van der Waals surface area contributed by atoms with E-state index >= 15 is 0 Å². The molecule has 0 radical (unpaired) electrons. The van der Waals surface area contributed by atoms with Gasteiger partial charge in [-0.3, -0.25) is 9.20 Å². The summed E-state index contributed by atoms with van der Waals surface area (Å²) in [5, 5.41) is 2.71. The minimum Gasteiger partial charge on any atom is -0.483 e. The van der Waals surface area contributed by atoms with Crippen molar-refractivity contribution in [2.45, 2.75) is 20.8 Å². The van der Waals surface area contributed by atoms with Gasteiger partial charge in [-0.05, 0) is 50.1 Å². The highest BCUT2D eigenvalue weighted by Gasteiger charge is 2.21. The maximum atomic E-state index is 12.4. The number of fused-ring (bicyclic) bond motifs is 1. The molecule has 7 heteroatoms. The van der Waals surface area contributed by atoms with E-state index in [1.54, 1.807) is 35.7 Å². The molecular weight excluding hydrogens is 346 g/mol. The van der Waals surface area contributed by atoms with E-state index in [9.17, 15) is 9.59 Å². The number of ether oxygens (including phenoxy) is 2. The van der Waals surface area contributed by atoms with Crippen LogP contribution in [0.15, 0.2) is 42.6 Å². The van der Waals surface area contributed by atoms with Crippen LogP contribution in [0.25, 0.3) is 5.65 Å². The second-order valence-corrected chi connectivity index (χ2v) is 6.06. The van der Waals surface area contributed by atoms with E-state index in [1.165, 1.54) is 0 Å². The molecule has 1 amide bonds. The number of anilines is 1. The lowest BCUT2D eigenvalue weighted by Gasteiger charge is -2.11. The fraction of sp³-hybridized carbons (Fsp3) is 0.250. The number of nitrogens with one attached hydrogen (secondary N) is 1. The Labute approximate surface area is 156 Å². The number of aromatic nitrogens is 2. The maximum absolute atomic E-state index is 12.4. The van der Waals surface area contributed by atoms with Crippen LogP contribution in [0.3, 0.4) is 0 Å². The summed E-state index contributed by atoms with van der Waals surface area (Å²) in [6, 6.07) is 11.1. The Morgan fingerprint density at radius 3 is 2.78 bits per heavy atom. The van der Waals surface area contributed by atoms with Gasteiger partial charge in [-0.2, -0.15) is 0 Å². The molecular formula is C20H21N3O4. The number of benzene rings is 1. The van der Waals surface area contributed by atoms with Crippen LogP contribution in [0.4, 0.5) is 5.82 Å². The Bertz CT molecular complexity index is 994. The molecule has 0 bridgehead atoms. The summed E-state index contributed by atoms with van der Waals surface area (Å²) >= 11 is 0. The van der Waals surface area contributed by atoms with Crippen LogP contribution in [-0.4, -0.2) is 34.5 Å². The van der Waals surface area contributed by atoms with Crippen LogP contribution >= 0.6 is 0 Å². The standard InChI is InChI=1S/C20H21N3O4/c1-4-26-20(25)18-19(23-10-6-5-7-16(23)21-18)22-17(24)12-27-15-11-13(2)8-9-14(15)3/h5-11H,4,12H2,1-3H3,(H,22,24). The lowest BCUT2D eigenvalue weighted by atomic mass is 10.1. The third-order valence-corrected chi connectivity index (χ3v) is 3.96. The molecule has 27 heavy (non-hydrogen) atoms. The SMILES string of the molecule is CCOC(=O)c1nc2ccccn2c1NC(=O)COc1cc(C)ccc1C. The smallest absolute Gasteiger partial charge is 0.360 e. The van der Waals surface area contributed by atoms with E-state index in [1.807, 2.05) is 32.0 Å². The molecule has 1 aromatic carbocycles. The summed E-state index contributed by atoms with van der Waals surface area (Å²) in [5.74, 6) is -0.0772. The van der Waals surface area contributed by atoms with Gasteiger partial charge < -0.3 is 14.8 Å². The Kier molecular flexibility index (Phi) is 5.40. The van der Waals surface area contributed by atoms with Gasteiger partial charge in [0.25, 0.3) is 5.91 Å². The van der Waals surface area contributed by atoms with E-state index in [0.717, 1.165) is 11.1 Å². The number of amides is 1. The molecule has 0 aliphatic carbocycles. The zero-order chi connectivity index (χ0) is 19.4. The number of imidazole rings is 1. The number of hydrogen-bond acceptors (Lipinski definition) is 5. The maximum Gasteiger partial charge on any atom is 0.360 e. The molecule has 0 saturated carbocycles. The second kappa shape index (κ2) is 7.90. The number of pyridine rings is 1. The van der Waals surface area contributed by atoms with Crippen LogP contribution in [0.2, 0.25) is 0 Å². The van der Waals surface area contributed by atoms with Crippen molar-refractivity contribution in [2.24, 2.45) is 0 Å². The largest absolute Gasteiger partial charge is 0.483 e. The van der Waals surface area contributed by atoms with Gasteiger partial charge in [0.05, 0.1) is 6.61 Å². The Hall–Kier alpha value is -3.35. The molecule has 140 valence electrons. The number of rotatable bonds is 6. The summed E-state index contributed by atoms with van der Waals surface area (Å²) < 4.78 is 12.3. The quantitative estimate of drug-likeness (QED) is 0.677. The Balaban J connectivity index is 1.80. The topological polar surface area (TPSA) is 81.9 Å². The first-order valence-electron chi connectivity index (χ1n) is 8.63. The lowest BCUT2D eigenvalue weighted by molar-refractivity contribution is -0.118. The van der Waals surface area contributed by atoms with Crippen LogP contribution < -0.4 is 10.1 Å². The second-order valence-electron chi connectivity index (χ2n) is 6.06. The van der Waals surface area contributed by atoms with Crippen molar-refractivity contribution >= 4 is 23.3 Å². The van der Waals surface area contributed by atoms with Crippen molar-refractivity contribution in [3.63, 3.8) is 0 Å². The first-order chi connectivity index (χ1) is 13.0. The van der Waals surface area contributed by atoms with E-state index in [0.29, 0.717) is 11.4 Å². The van der Waals surface area contributed by atoms with Gasteiger partial charge in [0.15, 0.2) is 18.1 Å². The first-order valence-corrected chi connectivity index (χ1v) is 8.63. The van der Waals surface area contributed by atoms with Gasteiger partial charge in [0.1, 0.15) is 11.4 Å². The predicted molar refractivity (Wildman–Crippen MR) is 101 cm³/mol. The molecule has 3 rings (SSSR count). The molecule has 3 aromatic rings. The van der Waals surface area contributed by atoms with Gasteiger partial charge in [-0.15, -0.1) is 0 Å². The Morgan fingerprint density at radius 1 is 1.19 bits per heavy atom. The third-order valence-electron chi connectivity index (χ3n) is 3.96. The molecule has 0 spiro atoms. The lowest BCUT2D eigenvalue weighted by Crippen LogP contribution is -2.23. The number of carbonyl (C=O) groups excluding carboxylic acids is 2. The minimum absolute atomic E-state index is 0.0585. The molecule has 2 heterocycles. The van der Waals surface area contributed by atoms with Crippen molar-refractivity contribution in [1.82, 2.24) is 9.38 Å². The normalized spacial score (nSPS) is 10.6. The molecule has 2 aromatic heterocycles. The minimum atomic E-state index is -0.591. The summed E-state index contributed by atoms with van der Waals surface area (Å²) in [5.41, 5.74) is 2.58. The van der Waals surface area contributed by atoms with Crippen LogP contribution in [-0.2, 0) is 9.53 Å². The van der Waals surface area contributed by atoms with E-state index < -0.39 is 11.9 Å². The average molecular weight is 367 g/mol. The summed E-state index contributed by atoms with van der Waals surface area (Å²) in [4.78, 5) is 28.9. The van der Waals surface area contributed by atoms with Gasteiger partial charge in [0, 0.05) is 6.20 Å². The number of nitrogens with zero attached hydrogens (tertiary/aromatic N) is 2. The number of hydrogen-bond donors (Lipinski definition) is 1. The molecule has 0 atom stereocenters. The summed E-state index contributed by atoms with van der Waals surface area (Å²) in [6.07, 6.45) is 1.71. The van der Waals surface area contributed by atoms with Gasteiger partial charge >= 0.3 is 5.97 Å². The van der Waals surface area contributed by atoms with Crippen molar-refractivity contribution in [3.05, 3.63) is 59.4 Å². The molecule has 0 aliphatic rings. The summed E-state index contributed by atoms with van der Waals surface area (Å²) in [6.45, 7) is 5.61. The van der Waals surface area contributed by atoms with Crippen molar-refractivity contribution < 1.29 is 19.1 Å². The van der Waals surface area contributed by atoms with Crippen molar-refractivity contribution in [3.8, 4) is 5.75 Å². The van der Waals surface area contributed by atoms with Gasteiger partial charge in [0.2, 0.25) is 0 Å². The molecule has 0 saturated heterocycles. The summed E-state index contributed by atoms with van der Waals surface area (Å²) in [7, 11) is 0. The van der Waals surface area contributed by atoms with Crippen LogP contribution in [0, 0.1) is 13.8 Å². The molecule has 0 aliphatic heterocycles. The van der Waals surface area contributed by atoms with Crippen molar-refractivity contribution in [2.75, 3.05) is 18.5 Å². The average Bonchev–Trinajstić information content (AvgIpc) is 3.01. The number of esters is 1. The van der Waals surface area contributed by atoms with E-state index in [4.69, 9.17) is 9.47 Å². The molecule has 1 N–H and O–H groups in total. The number of aryl methyl sites for hydroxylation is 2. The van der Waals surface area contributed by atoms with Crippen LogP contribution in [0.5, 0.6) is 5.75 Å². The van der Waals surface area contributed by atoms with Crippen LogP contribution in [0.1, 0.15) is 28.5 Å². The molecule has 0 unspecified atom stereocenters. The fourth-order valence-corrected chi connectivity index (χ4v) is 2.63. The third kappa shape index (κ3) is 4.08. The van der Waals surface area contributed by atoms with E-state index in [2.05, 4.69) is 10.3 Å². The highest BCUT2D eigenvalue weighted by Crippen LogP contribution is 2.21. The monoisotopic (exact) mass is 367 g/mol. The molecule has 7 nitrogen and oxygen atoms in total. The van der Waals surface area contributed by atoms with Gasteiger partial charge in [-0.25, -0.2) is 9.78 Å². The van der Waals surface area contributed by atoms with Gasteiger partial charge in [-0.1, -0.05) is 18.2 Å². The van der Waals surface area contributed by atoms with Crippen molar-refractivity contribution in [1.29, 1.82) is 0 Å². The molecule has 0 fully saturated rings. The highest BCUT2D eigenvalue weighted by atomic mass is 16.5. The Morgan fingerprint density at radius 2 is 2.00 bits per heavy atom. The zero-order valence-electron chi connectivity index (χ0n) is 15.5.